The number of nitrogens with one attached hydrogen (secondary N) is 1. The van der Waals surface area contributed by atoms with E-state index in [0.29, 0.717) is 0 Å². The highest BCUT2D eigenvalue weighted by atomic mass is 79.9. The summed E-state index contributed by atoms with van der Waals surface area (Å²) in [5.74, 6) is 0.0617. The van der Waals surface area contributed by atoms with Crippen molar-refractivity contribution in [2.75, 3.05) is 19.7 Å². The SMILES string of the molecule is O=C(COC1CCNCC1)c1cscc1Br. The molecule has 0 saturated carbocycles. The summed E-state index contributed by atoms with van der Waals surface area (Å²) in [4.78, 5) is 11.8. The van der Waals surface area contributed by atoms with Crippen LogP contribution >= 0.6 is 27.3 Å². The van der Waals surface area contributed by atoms with Gasteiger partial charge in [0.05, 0.1) is 6.10 Å². The van der Waals surface area contributed by atoms with Crippen molar-refractivity contribution in [1.82, 2.24) is 5.32 Å². The molecule has 0 aliphatic carbocycles. The molecule has 0 spiro atoms. The molecular formula is C11H14BrNO2S. The summed E-state index contributed by atoms with van der Waals surface area (Å²) in [6.45, 7) is 2.17. The number of thiophene rings is 1. The monoisotopic (exact) mass is 303 g/mol. The van der Waals surface area contributed by atoms with E-state index in [2.05, 4.69) is 21.2 Å². The molecule has 0 aromatic carbocycles. The van der Waals surface area contributed by atoms with Gasteiger partial charge in [0, 0.05) is 20.8 Å². The molecule has 1 aliphatic heterocycles. The van der Waals surface area contributed by atoms with Crippen LogP contribution in [0, 0.1) is 0 Å². The lowest BCUT2D eigenvalue weighted by Crippen LogP contribution is -2.33. The molecule has 1 aliphatic rings. The normalized spacial score (nSPS) is 17.6. The predicted octanol–water partition coefficient (Wildman–Crippen LogP) is 2.46. The van der Waals surface area contributed by atoms with Crippen LogP contribution in [-0.4, -0.2) is 31.6 Å². The van der Waals surface area contributed by atoms with Crippen LogP contribution in [0.1, 0.15) is 23.2 Å². The Morgan fingerprint density at radius 3 is 2.88 bits per heavy atom. The molecule has 1 N–H and O–H groups in total. The molecule has 0 radical (unpaired) electrons. The van der Waals surface area contributed by atoms with E-state index in [1.807, 2.05) is 10.8 Å². The van der Waals surface area contributed by atoms with Crippen molar-refractivity contribution in [3.8, 4) is 0 Å². The second-order valence-electron chi connectivity index (χ2n) is 3.82. The maximum absolute atomic E-state index is 11.8. The average molecular weight is 304 g/mol. The van der Waals surface area contributed by atoms with Gasteiger partial charge in [0.15, 0.2) is 5.78 Å². The van der Waals surface area contributed by atoms with Crippen molar-refractivity contribution in [1.29, 1.82) is 0 Å². The van der Waals surface area contributed by atoms with E-state index in [9.17, 15) is 4.79 Å². The Balaban J connectivity index is 1.81. The fraction of sp³-hybridized carbons (Fsp3) is 0.545. The van der Waals surface area contributed by atoms with Gasteiger partial charge in [-0.15, -0.1) is 0 Å². The standard InChI is InChI=1S/C11H14BrNO2S/c12-10-7-16-6-9(10)11(14)5-15-8-1-3-13-4-2-8/h6-8,13H,1-5H2. The number of hydrogen-bond acceptors (Lipinski definition) is 4. The second-order valence-corrected chi connectivity index (χ2v) is 5.41. The van der Waals surface area contributed by atoms with E-state index in [1.54, 1.807) is 0 Å². The maximum Gasteiger partial charge on any atom is 0.190 e. The first kappa shape index (κ1) is 12.2. The topological polar surface area (TPSA) is 38.3 Å². The van der Waals surface area contributed by atoms with Gasteiger partial charge in [-0.1, -0.05) is 0 Å². The fourth-order valence-corrected chi connectivity index (χ4v) is 3.23. The van der Waals surface area contributed by atoms with Crippen molar-refractivity contribution in [2.45, 2.75) is 18.9 Å². The summed E-state index contributed by atoms with van der Waals surface area (Å²) < 4.78 is 6.49. The molecule has 0 unspecified atom stereocenters. The minimum absolute atomic E-state index is 0.0617. The van der Waals surface area contributed by atoms with Crippen molar-refractivity contribution in [3.05, 3.63) is 20.8 Å². The van der Waals surface area contributed by atoms with Crippen molar-refractivity contribution < 1.29 is 9.53 Å². The molecule has 0 bridgehead atoms. The number of carbonyl (C=O) groups is 1. The lowest BCUT2D eigenvalue weighted by atomic mass is 10.1. The van der Waals surface area contributed by atoms with Crippen molar-refractivity contribution >= 4 is 33.0 Å². The summed E-state index contributed by atoms with van der Waals surface area (Å²) in [6, 6.07) is 0. The number of ketones is 1. The van der Waals surface area contributed by atoms with E-state index in [0.717, 1.165) is 36.0 Å². The number of piperidine rings is 1. The van der Waals surface area contributed by atoms with Crippen LogP contribution in [0.3, 0.4) is 0 Å². The minimum atomic E-state index is 0.0617. The predicted molar refractivity (Wildman–Crippen MR) is 68.2 cm³/mol. The summed E-state index contributed by atoms with van der Waals surface area (Å²) in [6.07, 6.45) is 2.23. The molecule has 16 heavy (non-hydrogen) atoms. The Morgan fingerprint density at radius 1 is 1.50 bits per heavy atom. The van der Waals surface area contributed by atoms with Gasteiger partial charge >= 0.3 is 0 Å². The van der Waals surface area contributed by atoms with Gasteiger partial charge in [0.1, 0.15) is 6.61 Å². The first-order chi connectivity index (χ1) is 7.77. The highest BCUT2D eigenvalue weighted by molar-refractivity contribution is 9.10. The van der Waals surface area contributed by atoms with Gasteiger partial charge in [-0.05, 0) is 41.9 Å². The largest absolute Gasteiger partial charge is 0.370 e. The van der Waals surface area contributed by atoms with Gasteiger partial charge in [-0.25, -0.2) is 0 Å². The van der Waals surface area contributed by atoms with Crippen molar-refractivity contribution in [3.63, 3.8) is 0 Å². The lowest BCUT2D eigenvalue weighted by Gasteiger charge is -2.22. The van der Waals surface area contributed by atoms with Gasteiger partial charge in [-0.3, -0.25) is 4.79 Å². The second kappa shape index (κ2) is 5.91. The zero-order valence-corrected chi connectivity index (χ0v) is 11.3. The molecular weight excluding hydrogens is 290 g/mol. The molecule has 5 heteroatoms. The highest BCUT2D eigenvalue weighted by Crippen LogP contribution is 2.22. The van der Waals surface area contributed by atoms with E-state index < -0.39 is 0 Å². The molecule has 1 aromatic heterocycles. The Labute approximate surface area is 107 Å². The van der Waals surface area contributed by atoms with Gasteiger partial charge in [0.2, 0.25) is 0 Å². The first-order valence-electron chi connectivity index (χ1n) is 5.34. The van der Waals surface area contributed by atoms with Gasteiger partial charge < -0.3 is 10.1 Å². The number of carbonyl (C=O) groups excluding carboxylic acids is 1. The number of halogens is 1. The molecule has 0 atom stereocenters. The third-order valence-corrected chi connectivity index (χ3v) is 4.35. The molecule has 88 valence electrons. The summed E-state index contributed by atoms with van der Waals surface area (Å²) in [7, 11) is 0. The molecule has 1 fully saturated rings. The Hall–Kier alpha value is -0.230. The lowest BCUT2D eigenvalue weighted by molar-refractivity contribution is 0.0317. The number of hydrogen-bond donors (Lipinski definition) is 1. The molecule has 0 amide bonds. The summed E-state index contributed by atoms with van der Waals surface area (Å²) in [5.41, 5.74) is 0.735. The molecule has 3 nitrogen and oxygen atoms in total. The Kier molecular flexibility index (Phi) is 4.52. The van der Waals surface area contributed by atoms with Gasteiger partial charge in [-0.2, -0.15) is 11.3 Å². The molecule has 2 rings (SSSR count). The van der Waals surface area contributed by atoms with E-state index in [-0.39, 0.29) is 18.5 Å². The third kappa shape index (κ3) is 3.13. The number of rotatable bonds is 4. The molecule has 1 aromatic rings. The molecule has 1 saturated heterocycles. The third-order valence-electron chi connectivity index (χ3n) is 2.65. The quantitative estimate of drug-likeness (QED) is 0.869. The Morgan fingerprint density at radius 2 is 2.25 bits per heavy atom. The van der Waals surface area contributed by atoms with Crippen LogP contribution in [0.25, 0.3) is 0 Å². The zero-order chi connectivity index (χ0) is 11.4. The zero-order valence-electron chi connectivity index (χ0n) is 8.87. The summed E-state index contributed by atoms with van der Waals surface area (Å²) >= 11 is 4.88. The minimum Gasteiger partial charge on any atom is -0.370 e. The summed E-state index contributed by atoms with van der Waals surface area (Å²) in [5, 5.41) is 7.04. The van der Waals surface area contributed by atoms with Crippen molar-refractivity contribution in [2.24, 2.45) is 0 Å². The highest BCUT2D eigenvalue weighted by Gasteiger charge is 2.17. The van der Waals surface area contributed by atoms with Crippen LogP contribution in [0.2, 0.25) is 0 Å². The maximum atomic E-state index is 11.8. The molecule has 2 heterocycles. The fourth-order valence-electron chi connectivity index (χ4n) is 1.71. The first-order valence-corrected chi connectivity index (χ1v) is 7.08. The van der Waals surface area contributed by atoms with E-state index in [4.69, 9.17) is 4.74 Å². The van der Waals surface area contributed by atoms with Crippen LogP contribution < -0.4 is 5.32 Å². The number of ether oxygens (including phenoxy) is 1. The van der Waals surface area contributed by atoms with Crippen LogP contribution in [0.15, 0.2) is 15.2 Å². The van der Waals surface area contributed by atoms with Crippen LogP contribution in [-0.2, 0) is 4.74 Å². The average Bonchev–Trinajstić information content (AvgIpc) is 2.74. The van der Waals surface area contributed by atoms with Crippen LogP contribution in [0.4, 0.5) is 0 Å². The Bertz CT molecular complexity index is 361. The smallest absolute Gasteiger partial charge is 0.190 e. The van der Waals surface area contributed by atoms with Crippen LogP contribution in [0.5, 0.6) is 0 Å². The van der Waals surface area contributed by atoms with Gasteiger partial charge in [0.25, 0.3) is 0 Å². The van der Waals surface area contributed by atoms with E-state index in [1.165, 1.54) is 11.3 Å². The number of Topliss-reactive ketones (excluding diaryl/α,β-unsaturated/α-hetero) is 1. The van der Waals surface area contributed by atoms with E-state index >= 15 is 0 Å².